The van der Waals surface area contributed by atoms with E-state index in [1.54, 1.807) is 6.07 Å². The van der Waals surface area contributed by atoms with Crippen molar-refractivity contribution in [2.24, 2.45) is 0 Å². The van der Waals surface area contributed by atoms with E-state index in [1.165, 1.54) is 7.11 Å². The zero-order chi connectivity index (χ0) is 13.7. The van der Waals surface area contributed by atoms with E-state index in [2.05, 4.69) is 0 Å². The molecule has 0 bridgehead atoms. The summed E-state index contributed by atoms with van der Waals surface area (Å²) in [7, 11) is 1.54. The number of hydrogen-bond donors (Lipinski definition) is 0. The summed E-state index contributed by atoms with van der Waals surface area (Å²) in [5, 5.41) is 1.97. The molecule has 2 aromatic heterocycles. The lowest BCUT2D eigenvalue weighted by molar-refractivity contribution is 0.407. The number of methoxy groups -OCH3 is 1. The van der Waals surface area contributed by atoms with Crippen molar-refractivity contribution in [1.29, 1.82) is 0 Å². The quantitative estimate of drug-likeness (QED) is 0.493. The lowest BCUT2D eigenvalue weighted by Crippen LogP contribution is -1.99. The molecule has 0 aliphatic heterocycles. The summed E-state index contributed by atoms with van der Waals surface area (Å²) >= 11 is 0. The van der Waals surface area contributed by atoms with Gasteiger partial charge in [0.1, 0.15) is 11.0 Å². The Kier molecular flexibility index (Phi) is 2.15. The number of fused-ring (bicyclic) bond motifs is 5. The Labute approximate surface area is 113 Å². The van der Waals surface area contributed by atoms with Gasteiger partial charge in [0.25, 0.3) is 0 Å². The highest BCUT2D eigenvalue weighted by Gasteiger charge is 2.17. The van der Waals surface area contributed by atoms with E-state index < -0.39 is 5.63 Å². The van der Waals surface area contributed by atoms with Gasteiger partial charge in [-0.3, -0.25) is 0 Å². The zero-order valence-corrected chi connectivity index (χ0v) is 10.7. The molecule has 4 heteroatoms. The highest BCUT2D eigenvalue weighted by Crippen LogP contribution is 2.34. The topological polar surface area (TPSA) is 52.6 Å². The van der Waals surface area contributed by atoms with Crippen LogP contribution in [0.4, 0.5) is 0 Å². The summed E-state index contributed by atoms with van der Waals surface area (Å²) in [4.78, 5) is 12.3. The summed E-state index contributed by atoms with van der Waals surface area (Å²) in [6.07, 6.45) is 0. The fraction of sp³-hybridized carbons (Fsp3) is 0.0625. The second-order valence-electron chi connectivity index (χ2n) is 4.53. The van der Waals surface area contributed by atoms with Gasteiger partial charge in [0.15, 0.2) is 16.9 Å². The van der Waals surface area contributed by atoms with E-state index in [-0.39, 0.29) is 0 Å². The highest BCUT2D eigenvalue weighted by molar-refractivity contribution is 6.13. The van der Waals surface area contributed by atoms with E-state index in [0.717, 1.165) is 10.8 Å². The van der Waals surface area contributed by atoms with Crippen LogP contribution in [0.2, 0.25) is 0 Å². The second kappa shape index (κ2) is 3.87. The molecule has 0 unspecified atom stereocenters. The van der Waals surface area contributed by atoms with E-state index in [0.29, 0.717) is 27.9 Å². The average Bonchev–Trinajstić information content (AvgIpc) is 2.87. The standard InChI is InChI=1S/C16H10O4/c1-18-12-8-4-6-10-14(12)20-16(17)13-9-5-2-3-7-11(9)19-15(10)13/h2-8H,1H3. The molecular weight excluding hydrogens is 256 g/mol. The second-order valence-corrected chi connectivity index (χ2v) is 4.53. The monoisotopic (exact) mass is 266 g/mol. The maximum Gasteiger partial charge on any atom is 0.348 e. The molecule has 0 amide bonds. The number of rotatable bonds is 1. The van der Waals surface area contributed by atoms with Gasteiger partial charge in [-0.1, -0.05) is 24.3 Å². The Morgan fingerprint density at radius 1 is 0.900 bits per heavy atom. The third-order valence-corrected chi connectivity index (χ3v) is 3.44. The minimum atomic E-state index is -0.415. The minimum absolute atomic E-state index is 0.409. The largest absolute Gasteiger partial charge is 0.493 e. The van der Waals surface area contributed by atoms with Gasteiger partial charge >= 0.3 is 5.63 Å². The van der Waals surface area contributed by atoms with Crippen LogP contribution >= 0.6 is 0 Å². The molecule has 0 radical (unpaired) electrons. The van der Waals surface area contributed by atoms with Gasteiger partial charge in [-0.15, -0.1) is 0 Å². The Bertz CT molecular complexity index is 1010. The van der Waals surface area contributed by atoms with Gasteiger partial charge in [0.2, 0.25) is 0 Å². The number of para-hydroxylation sites is 2. The van der Waals surface area contributed by atoms with Gasteiger partial charge in [-0.2, -0.15) is 0 Å². The third kappa shape index (κ3) is 1.33. The predicted molar refractivity (Wildman–Crippen MR) is 76.3 cm³/mol. The van der Waals surface area contributed by atoms with Gasteiger partial charge in [-0.25, -0.2) is 4.79 Å². The van der Waals surface area contributed by atoms with E-state index in [9.17, 15) is 4.79 Å². The Balaban J connectivity index is 2.34. The van der Waals surface area contributed by atoms with Gasteiger partial charge in [0, 0.05) is 5.39 Å². The van der Waals surface area contributed by atoms with Crippen LogP contribution in [0, 0.1) is 0 Å². The zero-order valence-electron chi connectivity index (χ0n) is 10.7. The van der Waals surface area contributed by atoms with Crippen molar-refractivity contribution in [3.8, 4) is 5.75 Å². The Morgan fingerprint density at radius 3 is 2.55 bits per heavy atom. The number of hydrogen-bond acceptors (Lipinski definition) is 4. The SMILES string of the molecule is COc1cccc2c1oc(=O)c1c3ccccc3oc21. The summed E-state index contributed by atoms with van der Waals surface area (Å²) in [6.45, 7) is 0. The van der Waals surface area contributed by atoms with Crippen LogP contribution in [0.25, 0.3) is 32.9 Å². The molecule has 4 rings (SSSR count). The first-order chi connectivity index (χ1) is 9.79. The minimum Gasteiger partial charge on any atom is -0.493 e. The van der Waals surface area contributed by atoms with Crippen LogP contribution in [0.5, 0.6) is 5.75 Å². The third-order valence-electron chi connectivity index (χ3n) is 3.44. The molecule has 0 spiro atoms. The van der Waals surface area contributed by atoms with Gasteiger partial charge in [-0.05, 0) is 18.2 Å². The molecule has 0 aliphatic carbocycles. The molecule has 2 aromatic carbocycles. The van der Waals surface area contributed by atoms with Crippen molar-refractivity contribution < 1.29 is 13.6 Å². The number of furan rings is 1. The van der Waals surface area contributed by atoms with E-state index in [4.69, 9.17) is 13.6 Å². The molecule has 20 heavy (non-hydrogen) atoms. The van der Waals surface area contributed by atoms with Crippen molar-refractivity contribution in [2.45, 2.75) is 0 Å². The molecule has 0 N–H and O–H groups in total. The van der Waals surface area contributed by atoms with Crippen molar-refractivity contribution in [3.05, 3.63) is 52.9 Å². The normalized spacial score (nSPS) is 11.4. The van der Waals surface area contributed by atoms with Crippen LogP contribution in [0.3, 0.4) is 0 Å². The van der Waals surface area contributed by atoms with Gasteiger partial charge in [0.05, 0.1) is 12.5 Å². The number of benzene rings is 2. The Morgan fingerprint density at radius 2 is 1.70 bits per heavy atom. The van der Waals surface area contributed by atoms with Crippen LogP contribution in [0.1, 0.15) is 0 Å². The summed E-state index contributed by atoms with van der Waals surface area (Å²) < 4.78 is 16.5. The molecule has 0 atom stereocenters. The van der Waals surface area contributed by atoms with Crippen molar-refractivity contribution in [3.63, 3.8) is 0 Å². The summed E-state index contributed by atoms with van der Waals surface area (Å²) in [6, 6.07) is 12.9. The molecular formula is C16H10O4. The van der Waals surface area contributed by atoms with Crippen LogP contribution in [0.15, 0.2) is 56.1 Å². The van der Waals surface area contributed by atoms with Crippen LogP contribution in [-0.4, -0.2) is 7.11 Å². The molecule has 2 heterocycles. The molecule has 98 valence electrons. The first kappa shape index (κ1) is 11.1. The fourth-order valence-electron chi connectivity index (χ4n) is 2.54. The van der Waals surface area contributed by atoms with E-state index >= 15 is 0 Å². The van der Waals surface area contributed by atoms with Crippen molar-refractivity contribution in [2.75, 3.05) is 7.11 Å². The molecule has 4 aromatic rings. The fourth-order valence-corrected chi connectivity index (χ4v) is 2.54. The number of ether oxygens (including phenoxy) is 1. The lowest BCUT2D eigenvalue weighted by Gasteiger charge is -2.03. The first-order valence-electron chi connectivity index (χ1n) is 6.20. The molecule has 0 fully saturated rings. The summed E-state index contributed by atoms with van der Waals surface area (Å²) in [5.41, 5.74) is 1.20. The maximum atomic E-state index is 12.3. The van der Waals surface area contributed by atoms with Crippen molar-refractivity contribution in [1.82, 2.24) is 0 Å². The predicted octanol–water partition coefficient (Wildman–Crippen LogP) is 3.70. The maximum absolute atomic E-state index is 12.3. The smallest absolute Gasteiger partial charge is 0.348 e. The molecule has 0 aliphatic rings. The Hall–Kier alpha value is -2.75. The van der Waals surface area contributed by atoms with E-state index in [1.807, 2.05) is 36.4 Å². The highest BCUT2D eigenvalue weighted by atomic mass is 16.5. The van der Waals surface area contributed by atoms with Crippen LogP contribution in [-0.2, 0) is 0 Å². The molecule has 0 saturated heterocycles. The van der Waals surface area contributed by atoms with Crippen molar-refractivity contribution >= 4 is 32.9 Å². The lowest BCUT2D eigenvalue weighted by atomic mass is 10.1. The first-order valence-corrected chi connectivity index (χ1v) is 6.20. The molecule has 0 saturated carbocycles. The molecule has 4 nitrogen and oxygen atoms in total. The average molecular weight is 266 g/mol. The summed E-state index contributed by atoms with van der Waals surface area (Å²) in [5.74, 6) is 0.516. The van der Waals surface area contributed by atoms with Crippen LogP contribution < -0.4 is 10.4 Å². The van der Waals surface area contributed by atoms with Gasteiger partial charge < -0.3 is 13.6 Å².